The van der Waals surface area contributed by atoms with Crippen LogP contribution in [0.25, 0.3) is 21.8 Å². The van der Waals surface area contributed by atoms with Gasteiger partial charge in [0.2, 0.25) is 0 Å². The maximum Gasteiger partial charge on any atom is 0.328 e. The highest BCUT2D eigenvalue weighted by Crippen LogP contribution is 2.36. The summed E-state index contributed by atoms with van der Waals surface area (Å²) < 4.78 is 8.77. The van der Waals surface area contributed by atoms with Crippen molar-refractivity contribution in [1.82, 2.24) is 9.13 Å². The summed E-state index contributed by atoms with van der Waals surface area (Å²) in [5.74, 6) is -0.700. The third-order valence-electron chi connectivity index (χ3n) is 6.87. The third-order valence-corrected chi connectivity index (χ3v) is 6.87. The molecular weight excluding hydrogens is 442 g/mol. The van der Waals surface area contributed by atoms with Gasteiger partial charge in [-0.2, -0.15) is 0 Å². The SMILES string of the molecule is Cc1cc2c(cc1N1C(=O)c3cccc4c(CCCOC(C)C)ccc(c34)C1=O)n(C)c(=O)n2C. The molecule has 7 heteroatoms. The first-order valence-corrected chi connectivity index (χ1v) is 11.9. The second-order valence-electron chi connectivity index (χ2n) is 9.50. The number of fused-ring (bicyclic) bond motifs is 1. The van der Waals surface area contributed by atoms with Crippen LogP contribution in [0.5, 0.6) is 0 Å². The maximum absolute atomic E-state index is 13.7. The number of rotatable bonds is 6. The Morgan fingerprint density at radius 3 is 2.23 bits per heavy atom. The number of amides is 2. The fourth-order valence-corrected chi connectivity index (χ4v) is 5.05. The van der Waals surface area contributed by atoms with E-state index in [9.17, 15) is 14.4 Å². The van der Waals surface area contributed by atoms with Crippen molar-refractivity contribution in [2.24, 2.45) is 14.1 Å². The van der Waals surface area contributed by atoms with Crippen molar-refractivity contribution in [2.75, 3.05) is 11.5 Å². The molecule has 0 radical (unpaired) electrons. The number of aromatic nitrogens is 2. The summed E-state index contributed by atoms with van der Waals surface area (Å²) in [6, 6.07) is 13.1. The van der Waals surface area contributed by atoms with Crippen LogP contribution in [0.15, 0.2) is 47.3 Å². The summed E-state index contributed by atoms with van der Waals surface area (Å²) in [6.07, 6.45) is 1.85. The van der Waals surface area contributed by atoms with E-state index in [1.54, 1.807) is 30.8 Å². The number of imidazole rings is 1. The van der Waals surface area contributed by atoms with E-state index in [0.717, 1.165) is 34.9 Å². The first-order valence-electron chi connectivity index (χ1n) is 11.9. The molecule has 5 rings (SSSR count). The molecule has 1 aliphatic rings. The number of anilines is 1. The molecular formula is C28H29N3O4. The summed E-state index contributed by atoms with van der Waals surface area (Å²) in [7, 11) is 3.40. The molecule has 0 aliphatic carbocycles. The smallest absolute Gasteiger partial charge is 0.328 e. The van der Waals surface area contributed by atoms with Gasteiger partial charge in [0.05, 0.1) is 22.8 Å². The van der Waals surface area contributed by atoms with Gasteiger partial charge in [-0.25, -0.2) is 9.69 Å². The average molecular weight is 472 g/mol. The van der Waals surface area contributed by atoms with Gasteiger partial charge >= 0.3 is 5.69 Å². The molecule has 7 nitrogen and oxygen atoms in total. The van der Waals surface area contributed by atoms with Gasteiger partial charge in [0, 0.05) is 37.2 Å². The summed E-state index contributed by atoms with van der Waals surface area (Å²) in [4.78, 5) is 41.1. The van der Waals surface area contributed by atoms with Crippen LogP contribution in [0, 0.1) is 6.92 Å². The zero-order valence-electron chi connectivity index (χ0n) is 20.7. The Labute approximate surface area is 203 Å². The Morgan fingerprint density at radius 1 is 0.886 bits per heavy atom. The fourth-order valence-electron chi connectivity index (χ4n) is 5.05. The van der Waals surface area contributed by atoms with Crippen molar-refractivity contribution in [3.05, 3.63) is 75.2 Å². The first-order chi connectivity index (χ1) is 16.7. The molecule has 0 saturated carbocycles. The van der Waals surface area contributed by atoms with Crippen LogP contribution in [0.4, 0.5) is 5.69 Å². The zero-order chi connectivity index (χ0) is 25.0. The van der Waals surface area contributed by atoms with Crippen LogP contribution < -0.4 is 10.6 Å². The molecule has 0 fully saturated rings. The number of ether oxygens (including phenoxy) is 1. The summed E-state index contributed by atoms with van der Waals surface area (Å²) >= 11 is 0. The lowest BCUT2D eigenvalue weighted by Crippen LogP contribution is -2.41. The van der Waals surface area contributed by atoms with Crippen molar-refractivity contribution < 1.29 is 14.3 Å². The number of carbonyl (C=O) groups excluding carboxylic acids is 2. The minimum absolute atomic E-state index is 0.158. The molecule has 0 atom stereocenters. The lowest BCUT2D eigenvalue weighted by molar-refractivity contribution is 0.0772. The van der Waals surface area contributed by atoms with Gasteiger partial charge < -0.3 is 4.74 Å². The van der Waals surface area contributed by atoms with Crippen LogP contribution >= 0.6 is 0 Å². The average Bonchev–Trinajstić information content (AvgIpc) is 3.04. The van der Waals surface area contributed by atoms with Gasteiger partial charge in [0.1, 0.15) is 0 Å². The van der Waals surface area contributed by atoms with Gasteiger partial charge in [-0.15, -0.1) is 0 Å². The topological polar surface area (TPSA) is 73.5 Å². The van der Waals surface area contributed by atoms with Crippen molar-refractivity contribution in [3.63, 3.8) is 0 Å². The van der Waals surface area contributed by atoms with E-state index in [2.05, 4.69) is 0 Å². The molecule has 4 aromatic rings. The van der Waals surface area contributed by atoms with Gasteiger partial charge in [-0.3, -0.25) is 18.7 Å². The Hall–Kier alpha value is -3.71. The predicted octanol–water partition coefficient (Wildman–Crippen LogP) is 4.50. The number of aryl methyl sites for hydroxylation is 4. The Bertz CT molecular complexity index is 1550. The molecule has 0 saturated heterocycles. The Kier molecular flexibility index (Phi) is 5.60. The standard InChI is InChI=1S/C28H29N3O4/c1-16(2)35-13-7-8-18-11-12-21-25-19(18)9-6-10-20(25)26(32)31(27(21)33)22-15-24-23(14-17(22)3)29(4)28(34)30(24)5/h6,9-12,14-16H,7-8,13H2,1-5H3. The Morgan fingerprint density at radius 2 is 1.54 bits per heavy atom. The molecule has 1 aliphatic heterocycles. The lowest BCUT2D eigenvalue weighted by Gasteiger charge is -2.29. The first kappa shape index (κ1) is 23.1. The summed E-state index contributed by atoms with van der Waals surface area (Å²) in [6.45, 7) is 6.55. The highest BCUT2D eigenvalue weighted by molar-refractivity contribution is 6.36. The molecule has 0 bridgehead atoms. The second-order valence-corrected chi connectivity index (χ2v) is 9.50. The van der Waals surface area contributed by atoms with E-state index in [1.165, 1.54) is 9.47 Å². The number of benzene rings is 3. The van der Waals surface area contributed by atoms with Crippen LogP contribution in [-0.4, -0.2) is 33.7 Å². The van der Waals surface area contributed by atoms with E-state index in [-0.39, 0.29) is 23.6 Å². The van der Waals surface area contributed by atoms with Crippen molar-refractivity contribution in [2.45, 2.75) is 39.7 Å². The van der Waals surface area contributed by atoms with E-state index >= 15 is 0 Å². The highest BCUT2D eigenvalue weighted by atomic mass is 16.5. The van der Waals surface area contributed by atoms with Gasteiger partial charge in [0.15, 0.2) is 0 Å². The van der Waals surface area contributed by atoms with Gasteiger partial charge in [-0.05, 0) is 74.4 Å². The molecule has 0 unspecified atom stereocenters. The van der Waals surface area contributed by atoms with Crippen molar-refractivity contribution in [3.8, 4) is 0 Å². The fraction of sp³-hybridized carbons (Fsp3) is 0.321. The van der Waals surface area contributed by atoms with Crippen molar-refractivity contribution >= 4 is 39.3 Å². The summed E-state index contributed by atoms with van der Waals surface area (Å²) in [5, 5.41) is 1.65. The largest absolute Gasteiger partial charge is 0.379 e. The normalized spacial score (nSPS) is 13.6. The maximum atomic E-state index is 13.7. The minimum atomic E-state index is -0.350. The number of imide groups is 1. The van der Waals surface area contributed by atoms with E-state index < -0.39 is 0 Å². The minimum Gasteiger partial charge on any atom is -0.379 e. The molecule has 0 N–H and O–H groups in total. The molecule has 2 amide bonds. The molecule has 3 aromatic carbocycles. The predicted molar refractivity (Wildman–Crippen MR) is 137 cm³/mol. The monoisotopic (exact) mass is 471 g/mol. The van der Waals surface area contributed by atoms with Crippen LogP contribution in [0.1, 0.15) is 52.1 Å². The molecule has 1 aromatic heterocycles. The van der Waals surface area contributed by atoms with E-state index in [4.69, 9.17) is 4.74 Å². The number of nitrogens with zero attached hydrogens (tertiary/aromatic N) is 3. The lowest BCUT2D eigenvalue weighted by atomic mass is 9.89. The molecule has 35 heavy (non-hydrogen) atoms. The van der Waals surface area contributed by atoms with E-state index in [1.807, 2.05) is 51.1 Å². The molecule has 0 spiro atoms. The zero-order valence-corrected chi connectivity index (χ0v) is 20.7. The second kappa shape index (κ2) is 8.50. The van der Waals surface area contributed by atoms with Crippen molar-refractivity contribution in [1.29, 1.82) is 0 Å². The molecule has 2 heterocycles. The number of carbonyl (C=O) groups is 2. The van der Waals surface area contributed by atoms with Crippen LogP contribution in [-0.2, 0) is 25.3 Å². The number of hydrogen-bond donors (Lipinski definition) is 0. The van der Waals surface area contributed by atoms with E-state index in [0.29, 0.717) is 34.3 Å². The van der Waals surface area contributed by atoms with Gasteiger partial charge in [-0.1, -0.05) is 18.2 Å². The molecule has 180 valence electrons. The third kappa shape index (κ3) is 3.58. The van der Waals surface area contributed by atoms with Crippen LogP contribution in [0.2, 0.25) is 0 Å². The van der Waals surface area contributed by atoms with Crippen LogP contribution in [0.3, 0.4) is 0 Å². The van der Waals surface area contributed by atoms with Gasteiger partial charge in [0.25, 0.3) is 11.8 Å². The Balaban J connectivity index is 1.60. The number of hydrogen-bond acceptors (Lipinski definition) is 4. The quantitative estimate of drug-likeness (QED) is 0.307. The highest BCUT2D eigenvalue weighted by Gasteiger charge is 2.35. The summed E-state index contributed by atoms with van der Waals surface area (Å²) in [5.41, 5.74) is 4.63.